The molecule has 2 rings (SSSR count). The predicted molar refractivity (Wildman–Crippen MR) is 83.7 cm³/mol. The fraction of sp³-hybridized carbons (Fsp3) is 0.125. The first-order chi connectivity index (χ1) is 10.5. The van der Waals surface area contributed by atoms with E-state index in [-0.39, 0.29) is 5.91 Å². The van der Waals surface area contributed by atoms with Crippen LogP contribution in [0.15, 0.2) is 42.5 Å². The number of halogens is 1. The molecule has 114 valence electrons. The molecule has 0 saturated carbocycles. The van der Waals surface area contributed by atoms with Gasteiger partial charge >= 0.3 is 5.97 Å². The number of nitrogens with one attached hydrogen (secondary N) is 1. The summed E-state index contributed by atoms with van der Waals surface area (Å²) >= 11 is 5.87. The summed E-state index contributed by atoms with van der Waals surface area (Å²) in [4.78, 5) is 22.6. The van der Waals surface area contributed by atoms with Gasteiger partial charge in [0.2, 0.25) is 0 Å². The minimum atomic E-state index is -1.06. The Morgan fingerprint density at radius 3 is 2.45 bits per heavy atom. The van der Waals surface area contributed by atoms with E-state index >= 15 is 0 Å². The van der Waals surface area contributed by atoms with E-state index in [0.717, 1.165) is 5.56 Å². The summed E-state index contributed by atoms with van der Waals surface area (Å²) in [6, 6.07) is 11.4. The Morgan fingerprint density at radius 1 is 1.18 bits per heavy atom. The Labute approximate surface area is 132 Å². The molecule has 22 heavy (non-hydrogen) atoms. The summed E-state index contributed by atoms with van der Waals surface area (Å²) in [5.74, 6) is -0.933. The van der Waals surface area contributed by atoms with Crippen LogP contribution < -0.4 is 10.1 Å². The van der Waals surface area contributed by atoms with Gasteiger partial charge in [-0.15, -0.1) is 0 Å². The second-order valence-electron chi connectivity index (χ2n) is 4.62. The molecule has 0 fully saturated rings. The lowest BCUT2D eigenvalue weighted by atomic mass is 10.1. The minimum Gasteiger partial charge on any atom is -0.482 e. The lowest BCUT2D eigenvalue weighted by molar-refractivity contribution is -0.139. The SMILES string of the molecule is Cc1cc(Cl)ccc1NC(=O)c1ccc(OCC(=O)O)cc1. The zero-order chi connectivity index (χ0) is 16.1. The van der Waals surface area contributed by atoms with Crippen molar-refractivity contribution in [2.75, 3.05) is 11.9 Å². The summed E-state index contributed by atoms with van der Waals surface area (Å²) in [5, 5.41) is 11.9. The molecule has 0 heterocycles. The molecular formula is C16H14ClNO4. The largest absolute Gasteiger partial charge is 0.482 e. The standard InChI is InChI=1S/C16H14ClNO4/c1-10-8-12(17)4-7-14(10)18-16(21)11-2-5-13(6-3-11)22-9-15(19)20/h2-8H,9H2,1H3,(H,18,21)(H,19,20). The molecule has 1 amide bonds. The van der Waals surface area contributed by atoms with E-state index in [1.807, 2.05) is 6.92 Å². The zero-order valence-electron chi connectivity index (χ0n) is 11.8. The number of aryl methyl sites for hydroxylation is 1. The van der Waals surface area contributed by atoms with Crippen LogP contribution in [0, 0.1) is 6.92 Å². The van der Waals surface area contributed by atoms with Gasteiger partial charge in [-0.25, -0.2) is 4.79 Å². The molecule has 2 aromatic carbocycles. The Balaban J connectivity index is 2.04. The second-order valence-corrected chi connectivity index (χ2v) is 5.06. The van der Waals surface area contributed by atoms with Crippen LogP contribution in [0.1, 0.15) is 15.9 Å². The highest BCUT2D eigenvalue weighted by molar-refractivity contribution is 6.30. The number of ether oxygens (including phenoxy) is 1. The number of carboxylic acid groups (broad SMARTS) is 1. The van der Waals surface area contributed by atoms with Crippen LogP contribution in [0.4, 0.5) is 5.69 Å². The maximum atomic E-state index is 12.1. The zero-order valence-corrected chi connectivity index (χ0v) is 12.6. The van der Waals surface area contributed by atoms with E-state index in [9.17, 15) is 9.59 Å². The first kappa shape index (κ1) is 15.9. The molecule has 0 radical (unpaired) electrons. The molecule has 0 aliphatic heterocycles. The average molecular weight is 320 g/mol. The topological polar surface area (TPSA) is 75.6 Å². The van der Waals surface area contributed by atoms with Gasteiger partial charge in [0.1, 0.15) is 5.75 Å². The maximum Gasteiger partial charge on any atom is 0.341 e. The summed E-state index contributed by atoms with van der Waals surface area (Å²) in [5.41, 5.74) is 1.99. The number of aliphatic carboxylic acids is 1. The Bertz CT molecular complexity index is 698. The molecule has 0 aromatic heterocycles. The predicted octanol–water partition coefficient (Wildman–Crippen LogP) is 3.36. The Hall–Kier alpha value is -2.53. The molecule has 5 nitrogen and oxygen atoms in total. The number of carbonyl (C=O) groups excluding carboxylic acids is 1. The smallest absolute Gasteiger partial charge is 0.341 e. The van der Waals surface area contributed by atoms with E-state index in [0.29, 0.717) is 22.0 Å². The minimum absolute atomic E-state index is 0.268. The van der Waals surface area contributed by atoms with Crippen molar-refractivity contribution in [1.82, 2.24) is 0 Å². The number of carbonyl (C=O) groups is 2. The summed E-state index contributed by atoms with van der Waals surface area (Å²) in [7, 11) is 0. The van der Waals surface area contributed by atoms with E-state index < -0.39 is 12.6 Å². The van der Waals surface area contributed by atoms with Gasteiger partial charge in [-0.05, 0) is 55.0 Å². The van der Waals surface area contributed by atoms with E-state index in [1.165, 1.54) is 0 Å². The monoisotopic (exact) mass is 319 g/mol. The lowest BCUT2D eigenvalue weighted by Crippen LogP contribution is -2.13. The van der Waals surface area contributed by atoms with Crippen molar-refractivity contribution >= 4 is 29.2 Å². The molecule has 0 saturated heterocycles. The molecule has 2 N–H and O–H groups in total. The van der Waals surface area contributed by atoms with Gasteiger partial charge in [0.25, 0.3) is 5.91 Å². The summed E-state index contributed by atoms with van der Waals surface area (Å²) in [6.07, 6.45) is 0. The highest BCUT2D eigenvalue weighted by Gasteiger charge is 2.08. The third-order valence-corrected chi connectivity index (χ3v) is 3.15. The van der Waals surface area contributed by atoms with Crippen molar-refractivity contribution in [2.45, 2.75) is 6.92 Å². The highest BCUT2D eigenvalue weighted by Crippen LogP contribution is 2.20. The fourth-order valence-electron chi connectivity index (χ4n) is 1.81. The number of benzene rings is 2. The number of anilines is 1. The van der Waals surface area contributed by atoms with E-state index in [4.69, 9.17) is 21.4 Å². The fourth-order valence-corrected chi connectivity index (χ4v) is 2.04. The van der Waals surface area contributed by atoms with Crippen LogP contribution in [0.25, 0.3) is 0 Å². The van der Waals surface area contributed by atoms with Crippen molar-refractivity contribution in [2.24, 2.45) is 0 Å². The van der Waals surface area contributed by atoms with Crippen LogP contribution in [-0.4, -0.2) is 23.6 Å². The van der Waals surface area contributed by atoms with Crippen LogP contribution in [0.5, 0.6) is 5.75 Å². The molecule has 6 heteroatoms. The van der Waals surface area contributed by atoms with Crippen molar-refractivity contribution in [3.63, 3.8) is 0 Å². The number of amides is 1. The summed E-state index contributed by atoms with van der Waals surface area (Å²) < 4.78 is 5.01. The molecule has 0 aliphatic rings. The quantitative estimate of drug-likeness (QED) is 0.886. The molecule has 2 aromatic rings. The Morgan fingerprint density at radius 2 is 1.86 bits per heavy atom. The Kier molecular flexibility index (Phi) is 5.01. The molecule has 0 unspecified atom stereocenters. The molecule has 0 spiro atoms. The second kappa shape index (κ2) is 6.95. The van der Waals surface area contributed by atoms with Crippen molar-refractivity contribution in [3.05, 3.63) is 58.6 Å². The summed E-state index contributed by atoms with van der Waals surface area (Å²) in [6.45, 7) is 1.43. The van der Waals surface area contributed by atoms with Gasteiger partial charge in [0.05, 0.1) is 0 Å². The molecular weight excluding hydrogens is 306 g/mol. The highest BCUT2D eigenvalue weighted by atomic mass is 35.5. The normalized spacial score (nSPS) is 10.1. The first-order valence-electron chi connectivity index (χ1n) is 6.48. The van der Waals surface area contributed by atoms with Gasteiger partial charge in [-0.3, -0.25) is 4.79 Å². The van der Waals surface area contributed by atoms with E-state index in [2.05, 4.69) is 5.32 Å². The van der Waals surface area contributed by atoms with Crippen LogP contribution >= 0.6 is 11.6 Å². The van der Waals surface area contributed by atoms with Gasteiger partial charge in [0.15, 0.2) is 6.61 Å². The number of carboxylic acids is 1. The average Bonchev–Trinajstić information content (AvgIpc) is 2.48. The van der Waals surface area contributed by atoms with Crippen LogP contribution in [0.2, 0.25) is 5.02 Å². The third kappa shape index (κ3) is 4.23. The van der Waals surface area contributed by atoms with Crippen molar-refractivity contribution < 1.29 is 19.4 Å². The van der Waals surface area contributed by atoms with Crippen LogP contribution in [0.3, 0.4) is 0 Å². The van der Waals surface area contributed by atoms with Gasteiger partial charge in [0, 0.05) is 16.3 Å². The number of hydrogen-bond donors (Lipinski definition) is 2. The van der Waals surface area contributed by atoms with Gasteiger partial charge in [-0.1, -0.05) is 11.6 Å². The molecule has 0 aliphatic carbocycles. The number of hydrogen-bond acceptors (Lipinski definition) is 3. The molecule has 0 bridgehead atoms. The molecule has 0 atom stereocenters. The maximum absolute atomic E-state index is 12.1. The van der Waals surface area contributed by atoms with E-state index in [1.54, 1.807) is 42.5 Å². The lowest BCUT2D eigenvalue weighted by Gasteiger charge is -2.09. The number of rotatable bonds is 5. The van der Waals surface area contributed by atoms with Crippen molar-refractivity contribution in [3.8, 4) is 5.75 Å². The van der Waals surface area contributed by atoms with Crippen molar-refractivity contribution in [1.29, 1.82) is 0 Å². The van der Waals surface area contributed by atoms with Crippen LogP contribution in [-0.2, 0) is 4.79 Å². The van der Waals surface area contributed by atoms with Gasteiger partial charge < -0.3 is 15.2 Å². The first-order valence-corrected chi connectivity index (χ1v) is 6.85. The van der Waals surface area contributed by atoms with Gasteiger partial charge in [-0.2, -0.15) is 0 Å². The third-order valence-electron chi connectivity index (χ3n) is 2.92.